The number of hydrogen-bond acceptors (Lipinski definition) is 3. The smallest absolute Gasteiger partial charge is 0.232 e. The molecule has 25 heavy (non-hydrogen) atoms. The highest BCUT2D eigenvalue weighted by Gasteiger charge is 2.41. The molecule has 0 spiro atoms. The first-order valence-corrected chi connectivity index (χ1v) is 9.07. The third-order valence-electron chi connectivity index (χ3n) is 5.53. The maximum absolute atomic E-state index is 13.3. The molecular formula is C21H24N2O2. The van der Waals surface area contributed by atoms with Gasteiger partial charge in [0, 0.05) is 11.7 Å². The predicted octanol–water partition coefficient (Wildman–Crippen LogP) is 4.40. The zero-order chi connectivity index (χ0) is 17.2. The van der Waals surface area contributed by atoms with Gasteiger partial charge in [-0.15, -0.1) is 0 Å². The summed E-state index contributed by atoms with van der Waals surface area (Å²) in [5.74, 6) is 0.986. The molecule has 2 N–H and O–H groups in total. The van der Waals surface area contributed by atoms with Crippen molar-refractivity contribution >= 4 is 17.3 Å². The summed E-state index contributed by atoms with van der Waals surface area (Å²) in [5, 5.41) is 6.78. The molecule has 2 aliphatic rings. The van der Waals surface area contributed by atoms with Crippen molar-refractivity contribution in [1.29, 1.82) is 0 Å². The summed E-state index contributed by atoms with van der Waals surface area (Å²) in [4.78, 5) is 13.3. The average molecular weight is 336 g/mol. The van der Waals surface area contributed by atoms with E-state index in [4.69, 9.17) is 4.74 Å². The Morgan fingerprint density at radius 3 is 2.72 bits per heavy atom. The van der Waals surface area contributed by atoms with E-state index < -0.39 is 0 Å². The van der Waals surface area contributed by atoms with Crippen molar-refractivity contribution in [3.63, 3.8) is 0 Å². The van der Waals surface area contributed by atoms with Gasteiger partial charge in [-0.2, -0.15) is 0 Å². The molecule has 4 rings (SSSR count). The van der Waals surface area contributed by atoms with Gasteiger partial charge in [-0.3, -0.25) is 4.79 Å². The molecule has 0 bridgehead atoms. The molecule has 2 aromatic rings. The van der Waals surface area contributed by atoms with Crippen LogP contribution >= 0.6 is 0 Å². The van der Waals surface area contributed by atoms with Gasteiger partial charge in [-0.25, -0.2) is 0 Å². The second kappa shape index (κ2) is 6.79. The number of methoxy groups -OCH3 is 1. The number of rotatable bonds is 3. The number of benzene rings is 2. The van der Waals surface area contributed by atoms with E-state index in [1.165, 1.54) is 12.8 Å². The van der Waals surface area contributed by atoms with Crippen LogP contribution in [0.1, 0.15) is 37.2 Å². The number of carbonyl (C=O) groups excluding carboxylic acids is 1. The molecule has 3 atom stereocenters. The Labute approximate surface area is 148 Å². The molecule has 1 fully saturated rings. The first-order valence-electron chi connectivity index (χ1n) is 9.07. The van der Waals surface area contributed by atoms with Crippen LogP contribution < -0.4 is 15.4 Å². The SMILES string of the molecule is COc1ccccc1NC(=O)C1c2ccccc2NC2CCCCC21. The lowest BCUT2D eigenvalue weighted by atomic mass is 9.70. The minimum atomic E-state index is -0.118. The summed E-state index contributed by atoms with van der Waals surface area (Å²) < 4.78 is 5.38. The van der Waals surface area contributed by atoms with Crippen LogP contribution in [0.2, 0.25) is 0 Å². The van der Waals surface area contributed by atoms with E-state index in [1.807, 2.05) is 36.4 Å². The van der Waals surface area contributed by atoms with Crippen LogP contribution in [0.25, 0.3) is 0 Å². The Hall–Kier alpha value is -2.49. The normalized spacial score (nSPS) is 24.4. The van der Waals surface area contributed by atoms with Crippen molar-refractivity contribution in [2.75, 3.05) is 17.7 Å². The first-order chi connectivity index (χ1) is 12.3. The number of para-hydroxylation sites is 3. The van der Waals surface area contributed by atoms with Gasteiger partial charge in [0.2, 0.25) is 5.91 Å². The molecule has 1 aliphatic heterocycles. The summed E-state index contributed by atoms with van der Waals surface area (Å²) >= 11 is 0. The zero-order valence-electron chi connectivity index (χ0n) is 14.5. The maximum atomic E-state index is 13.3. The molecule has 3 unspecified atom stereocenters. The second-order valence-electron chi connectivity index (χ2n) is 6.95. The molecule has 1 saturated carbocycles. The standard InChI is InChI=1S/C21H24N2O2/c1-25-19-13-7-6-12-18(19)23-21(24)20-14-8-2-4-10-16(14)22-17-11-5-3-9-15(17)20/h2,4,6-8,10,12-13,15,17,20,22H,3,5,9,11H2,1H3,(H,23,24). The third-order valence-corrected chi connectivity index (χ3v) is 5.53. The lowest BCUT2D eigenvalue weighted by molar-refractivity contribution is -0.119. The molecule has 4 heteroatoms. The van der Waals surface area contributed by atoms with E-state index in [-0.39, 0.29) is 11.8 Å². The highest BCUT2D eigenvalue weighted by Crippen LogP contribution is 2.45. The van der Waals surface area contributed by atoms with Crippen LogP contribution in [0.3, 0.4) is 0 Å². The van der Waals surface area contributed by atoms with Gasteiger partial charge in [0.1, 0.15) is 5.75 Å². The zero-order valence-corrected chi connectivity index (χ0v) is 14.5. The van der Waals surface area contributed by atoms with Crippen molar-refractivity contribution in [2.45, 2.75) is 37.6 Å². The number of hydrogen-bond donors (Lipinski definition) is 2. The summed E-state index contributed by atoms with van der Waals surface area (Å²) in [7, 11) is 1.63. The van der Waals surface area contributed by atoms with Crippen molar-refractivity contribution in [1.82, 2.24) is 0 Å². The van der Waals surface area contributed by atoms with Gasteiger partial charge >= 0.3 is 0 Å². The van der Waals surface area contributed by atoms with E-state index in [2.05, 4.69) is 22.8 Å². The molecule has 4 nitrogen and oxygen atoms in total. The highest BCUT2D eigenvalue weighted by atomic mass is 16.5. The summed E-state index contributed by atoms with van der Waals surface area (Å²) in [6.07, 6.45) is 4.66. The predicted molar refractivity (Wildman–Crippen MR) is 100 cm³/mol. The first kappa shape index (κ1) is 16.0. The molecule has 130 valence electrons. The number of ether oxygens (including phenoxy) is 1. The fraction of sp³-hybridized carbons (Fsp3) is 0.381. The Bertz CT molecular complexity index is 774. The molecule has 0 radical (unpaired) electrons. The minimum absolute atomic E-state index is 0.0651. The van der Waals surface area contributed by atoms with Gasteiger partial charge in [0.25, 0.3) is 0 Å². The Morgan fingerprint density at radius 1 is 1.08 bits per heavy atom. The summed E-state index contributed by atoms with van der Waals surface area (Å²) in [5.41, 5.74) is 2.95. The Kier molecular flexibility index (Phi) is 4.35. The van der Waals surface area contributed by atoms with Crippen LogP contribution in [-0.2, 0) is 4.79 Å². The molecule has 2 aromatic carbocycles. The largest absolute Gasteiger partial charge is 0.495 e. The molecular weight excluding hydrogens is 312 g/mol. The summed E-state index contributed by atoms with van der Waals surface area (Å²) in [6, 6.07) is 16.2. The minimum Gasteiger partial charge on any atom is -0.495 e. The third kappa shape index (κ3) is 2.97. The maximum Gasteiger partial charge on any atom is 0.232 e. The lowest BCUT2D eigenvalue weighted by Crippen LogP contribution is -2.44. The molecule has 1 aliphatic carbocycles. The average Bonchev–Trinajstić information content (AvgIpc) is 2.66. The molecule has 0 aromatic heterocycles. The Morgan fingerprint density at radius 2 is 1.84 bits per heavy atom. The fourth-order valence-corrected chi connectivity index (χ4v) is 4.36. The molecule has 1 heterocycles. The monoisotopic (exact) mass is 336 g/mol. The van der Waals surface area contributed by atoms with Gasteiger partial charge in [-0.1, -0.05) is 43.2 Å². The van der Waals surface area contributed by atoms with Crippen molar-refractivity contribution in [3.8, 4) is 5.75 Å². The number of fused-ring (bicyclic) bond motifs is 2. The van der Waals surface area contributed by atoms with Crippen molar-refractivity contribution in [2.24, 2.45) is 5.92 Å². The van der Waals surface area contributed by atoms with Gasteiger partial charge in [-0.05, 0) is 42.5 Å². The van der Waals surface area contributed by atoms with Gasteiger partial charge < -0.3 is 15.4 Å². The second-order valence-corrected chi connectivity index (χ2v) is 6.95. The van der Waals surface area contributed by atoms with Gasteiger partial charge in [0.05, 0.1) is 18.7 Å². The molecule has 1 amide bonds. The Balaban J connectivity index is 1.67. The van der Waals surface area contributed by atoms with E-state index in [0.717, 1.165) is 29.8 Å². The van der Waals surface area contributed by atoms with Crippen molar-refractivity contribution < 1.29 is 9.53 Å². The van der Waals surface area contributed by atoms with Crippen LogP contribution in [-0.4, -0.2) is 19.1 Å². The van der Waals surface area contributed by atoms with E-state index >= 15 is 0 Å². The number of amides is 1. The molecule has 0 saturated heterocycles. The van der Waals surface area contributed by atoms with Crippen LogP contribution in [0.5, 0.6) is 5.75 Å². The van der Waals surface area contributed by atoms with E-state index in [1.54, 1.807) is 7.11 Å². The van der Waals surface area contributed by atoms with E-state index in [9.17, 15) is 4.79 Å². The number of anilines is 2. The lowest BCUT2D eigenvalue weighted by Gasteiger charge is -2.42. The van der Waals surface area contributed by atoms with Crippen LogP contribution in [0, 0.1) is 5.92 Å². The number of nitrogens with one attached hydrogen (secondary N) is 2. The fourth-order valence-electron chi connectivity index (χ4n) is 4.36. The van der Waals surface area contributed by atoms with Crippen LogP contribution in [0.4, 0.5) is 11.4 Å². The summed E-state index contributed by atoms with van der Waals surface area (Å²) in [6.45, 7) is 0. The topological polar surface area (TPSA) is 50.4 Å². The van der Waals surface area contributed by atoms with E-state index in [0.29, 0.717) is 17.7 Å². The van der Waals surface area contributed by atoms with Crippen molar-refractivity contribution in [3.05, 3.63) is 54.1 Å². The highest BCUT2D eigenvalue weighted by molar-refractivity contribution is 5.98. The van der Waals surface area contributed by atoms with Gasteiger partial charge in [0.15, 0.2) is 0 Å². The van der Waals surface area contributed by atoms with Crippen LogP contribution in [0.15, 0.2) is 48.5 Å². The number of carbonyl (C=O) groups is 1. The quantitative estimate of drug-likeness (QED) is 0.873.